The summed E-state index contributed by atoms with van der Waals surface area (Å²) in [5.41, 5.74) is 3.20. The molecule has 0 N–H and O–H groups in total. The minimum atomic E-state index is 1.22. The van der Waals surface area contributed by atoms with Crippen LogP contribution in [0.25, 0.3) is 0 Å². The van der Waals surface area contributed by atoms with Gasteiger partial charge in [-0.2, -0.15) is 0 Å². The Labute approximate surface area is 106 Å². The van der Waals surface area contributed by atoms with Crippen molar-refractivity contribution < 1.29 is 0 Å². The van der Waals surface area contributed by atoms with Crippen LogP contribution in [0.2, 0.25) is 0 Å². The molecular formula is C12H19IS. The van der Waals surface area contributed by atoms with E-state index < -0.39 is 0 Å². The van der Waals surface area contributed by atoms with Gasteiger partial charge in [-0.3, -0.25) is 0 Å². The molecule has 0 saturated carbocycles. The maximum Gasteiger partial charge on any atom is -0.000168 e. The molecule has 0 nitrogen and oxygen atoms in total. The van der Waals surface area contributed by atoms with E-state index in [1.54, 1.807) is 11.1 Å². The van der Waals surface area contributed by atoms with E-state index in [4.69, 9.17) is 0 Å². The quantitative estimate of drug-likeness (QED) is 0.510. The fourth-order valence-electron chi connectivity index (χ4n) is 1.60. The minimum Gasteiger partial charge on any atom is -0.134 e. The molecule has 1 aliphatic heterocycles. The van der Waals surface area contributed by atoms with Crippen LogP contribution in [0, 0.1) is 0 Å². The average Bonchev–Trinajstić information content (AvgIpc) is 2.25. The molecule has 80 valence electrons. The smallest absolute Gasteiger partial charge is 0.000168 e. The lowest BCUT2D eigenvalue weighted by molar-refractivity contribution is 0.861. The average molecular weight is 322 g/mol. The molecule has 0 aromatic carbocycles. The second-order valence-corrected chi connectivity index (χ2v) is 5.67. The van der Waals surface area contributed by atoms with Gasteiger partial charge in [-0.05, 0) is 53.3 Å². The third-order valence-corrected chi connectivity index (χ3v) is 4.19. The van der Waals surface area contributed by atoms with Gasteiger partial charge in [-0.1, -0.05) is 41.2 Å². The predicted octanol–water partition coefficient (Wildman–Crippen LogP) is 4.95. The Bertz CT molecular complexity index is 218. The van der Waals surface area contributed by atoms with Crippen LogP contribution >= 0.6 is 34.4 Å². The molecule has 0 bridgehead atoms. The van der Waals surface area contributed by atoms with E-state index in [1.807, 2.05) is 11.8 Å². The number of halogens is 1. The fourth-order valence-corrected chi connectivity index (χ4v) is 2.81. The Morgan fingerprint density at radius 2 is 2.50 bits per heavy atom. The van der Waals surface area contributed by atoms with E-state index in [0.29, 0.717) is 0 Å². The van der Waals surface area contributed by atoms with Crippen molar-refractivity contribution in [2.75, 3.05) is 10.2 Å². The molecule has 0 aromatic rings. The third-order valence-electron chi connectivity index (χ3n) is 2.44. The van der Waals surface area contributed by atoms with Gasteiger partial charge in [0.15, 0.2) is 0 Å². The molecule has 0 atom stereocenters. The highest BCUT2D eigenvalue weighted by Gasteiger charge is 2.02. The molecule has 14 heavy (non-hydrogen) atoms. The van der Waals surface area contributed by atoms with E-state index in [1.165, 1.54) is 42.3 Å². The summed E-state index contributed by atoms with van der Waals surface area (Å²) in [6, 6.07) is 0. The van der Waals surface area contributed by atoms with Crippen LogP contribution in [0.1, 0.15) is 39.0 Å². The van der Waals surface area contributed by atoms with Crippen molar-refractivity contribution in [1.29, 1.82) is 0 Å². The maximum atomic E-state index is 2.46. The van der Waals surface area contributed by atoms with Crippen molar-refractivity contribution in [2.45, 2.75) is 39.0 Å². The van der Waals surface area contributed by atoms with Gasteiger partial charge in [0.05, 0.1) is 0 Å². The van der Waals surface area contributed by atoms with Crippen molar-refractivity contribution in [3.63, 3.8) is 0 Å². The Kier molecular flexibility index (Phi) is 7.04. The van der Waals surface area contributed by atoms with Crippen LogP contribution in [-0.4, -0.2) is 10.2 Å². The number of alkyl halides is 1. The van der Waals surface area contributed by atoms with Gasteiger partial charge in [-0.15, -0.1) is 11.8 Å². The largest absolute Gasteiger partial charge is 0.134 e. The number of rotatable bonds is 5. The normalized spacial score (nSPS) is 18.1. The van der Waals surface area contributed by atoms with Crippen LogP contribution < -0.4 is 0 Å². The molecule has 0 fully saturated rings. The van der Waals surface area contributed by atoms with E-state index >= 15 is 0 Å². The Balaban J connectivity index is 2.48. The van der Waals surface area contributed by atoms with Gasteiger partial charge in [0.1, 0.15) is 0 Å². The summed E-state index contributed by atoms with van der Waals surface area (Å²) in [6.07, 6.45) is 8.94. The lowest BCUT2D eigenvalue weighted by atomic mass is 10.0. The molecule has 0 saturated heterocycles. The molecule has 1 rings (SSSR count). The van der Waals surface area contributed by atoms with Gasteiger partial charge >= 0.3 is 0 Å². The first-order valence-electron chi connectivity index (χ1n) is 5.43. The van der Waals surface area contributed by atoms with Crippen LogP contribution in [0.15, 0.2) is 22.6 Å². The monoisotopic (exact) mass is 322 g/mol. The van der Waals surface area contributed by atoms with Crippen LogP contribution in [0.3, 0.4) is 0 Å². The number of hydrogen-bond acceptors (Lipinski definition) is 1. The van der Waals surface area contributed by atoms with Gasteiger partial charge in [0.2, 0.25) is 0 Å². The van der Waals surface area contributed by atoms with E-state index in [2.05, 4.69) is 41.0 Å². The zero-order valence-electron chi connectivity index (χ0n) is 8.89. The first-order chi connectivity index (χ1) is 6.86. The summed E-state index contributed by atoms with van der Waals surface area (Å²) in [5, 5.41) is 2.35. The molecule has 0 aromatic heterocycles. The Hall–Kier alpha value is 0.560. The summed E-state index contributed by atoms with van der Waals surface area (Å²) >= 11 is 4.43. The van der Waals surface area contributed by atoms with Gasteiger partial charge in [0, 0.05) is 0 Å². The van der Waals surface area contributed by atoms with Crippen molar-refractivity contribution in [1.82, 2.24) is 0 Å². The lowest BCUT2D eigenvalue weighted by Gasteiger charge is -2.10. The first-order valence-corrected chi connectivity index (χ1v) is 8.00. The van der Waals surface area contributed by atoms with E-state index in [9.17, 15) is 0 Å². The van der Waals surface area contributed by atoms with Crippen molar-refractivity contribution in [2.24, 2.45) is 0 Å². The number of hydrogen-bond donors (Lipinski definition) is 0. The van der Waals surface area contributed by atoms with Gasteiger partial charge < -0.3 is 0 Å². The number of allylic oxidation sites excluding steroid dienone is 3. The topological polar surface area (TPSA) is 0 Å². The second-order valence-electron chi connectivity index (χ2n) is 3.62. The Morgan fingerprint density at radius 1 is 1.64 bits per heavy atom. The molecule has 2 heteroatoms. The fraction of sp³-hybridized carbons (Fsp3) is 0.667. The summed E-state index contributed by atoms with van der Waals surface area (Å²) in [7, 11) is 0. The van der Waals surface area contributed by atoms with Crippen molar-refractivity contribution in [3.05, 3.63) is 22.6 Å². The summed E-state index contributed by atoms with van der Waals surface area (Å²) < 4.78 is 1.28. The molecule has 0 aliphatic carbocycles. The molecule has 0 unspecified atom stereocenters. The highest BCUT2D eigenvalue weighted by Crippen LogP contribution is 2.24. The summed E-state index contributed by atoms with van der Waals surface area (Å²) in [4.78, 5) is 0. The summed E-state index contributed by atoms with van der Waals surface area (Å²) in [5.74, 6) is 1.31. The van der Waals surface area contributed by atoms with E-state index in [-0.39, 0.29) is 0 Å². The van der Waals surface area contributed by atoms with Crippen LogP contribution in [0.4, 0.5) is 0 Å². The summed E-state index contributed by atoms with van der Waals surface area (Å²) in [6.45, 7) is 2.27. The van der Waals surface area contributed by atoms with Gasteiger partial charge in [-0.25, -0.2) is 0 Å². The molecule has 1 heterocycles. The first kappa shape index (κ1) is 12.6. The maximum absolute atomic E-state index is 2.46. The zero-order chi connectivity index (χ0) is 10.2. The SMILES string of the molecule is CC/C(=C/C1=CSCCC1)CCCI. The standard InChI is InChI=1S/C12H19IS/c1-2-11(5-3-7-13)9-12-6-4-8-14-10-12/h9-10H,2-8H2,1H3/b11-9-. The van der Waals surface area contributed by atoms with Crippen LogP contribution in [0.5, 0.6) is 0 Å². The molecule has 0 radical (unpaired) electrons. The predicted molar refractivity (Wildman–Crippen MR) is 76.3 cm³/mol. The third kappa shape index (κ3) is 4.87. The van der Waals surface area contributed by atoms with Crippen LogP contribution in [-0.2, 0) is 0 Å². The minimum absolute atomic E-state index is 1.22. The van der Waals surface area contributed by atoms with Crippen molar-refractivity contribution >= 4 is 34.4 Å². The zero-order valence-corrected chi connectivity index (χ0v) is 11.9. The van der Waals surface area contributed by atoms with Crippen molar-refractivity contribution in [3.8, 4) is 0 Å². The molecule has 0 amide bonds. The van der Waals surface area contributed by atoms with Gasteiger partial charge in [0.25, 0.3) is 0 Å². The number of thioether (sulfide) groups is 1. The molecule has 1 aliphatic rings. The lowest BCUT2D eigenvalue weighted by Crippen LogP contribution is -1.91. The van der Waals surface area contributed by atoms with E-state index in [0.717, 1.165) is 0 Å². The second kappa shape index (κ2) is 7.80. The highest BCUT2D eigenvalue weighted by atomic mass is 127. The molecular weight excluding hydrogens is 303 g/mol. The molecule has 0 spiro atoms. The Morgan fingerprint density at radius 3 is 3.07 bits per heavy atom. The highest BCUT2D eigenvalue weighted by molar-refractivity contribution is 14.1.